The SMILES string of the molecule is O=C(CN1CC(=O)Oc2ccc(Cl)cc21)Nc1nnc([C@@H]2CCCO2)s1. The van der Waals surface area contributed by atoms with Crippen LogP contribution >= 0.6 is 22.9 Å². The van der Waals surface area contributed by atoms with Gasteiger partial charge in [0, 0.05) is 11.6 Å². The largest absolute Gasteiger partial charge is 0.423 e. The fourth-order valence-electron chi connectivity index (χ4n) is 2.88. The van der Waals surface area contributed by atoms with Crippen molar-refractivity contribution in [3.8, 4) is 5.75 Å². The maximum atomic E-state index is 12.4. The van der Waals surface area contributed by atoms with Crippen LogP contribution in [0, 0.1) is 0 Å². The fraction of sp³-hybridized carbons (Fsp3) is 0.375. The fourth-order valence-corrected chi connectivity index (χ4v) is 3.89. The van der Waals surface area contributed by atoms with Gasteiger partial charge in [-0.15, -0.1) is 10.2 Å². The van der Waals surface area contributed by atoms with Gasteiger partial charge in [-0.3, -0.25) is 10.1 Å². The first-order chi connectivity index (χ1) is 12.6. The standard InChI is InChI=1S/C16H15ClN4O4S/c17-9-3-4-11-10(6-9)21(8-14(23)25-11)7-13(22)18-16-20-19-15(26-16)12-2-1-5-24-12/h3-4,6,12H,1-2,5,7-8H2,(H,18,20,22)/t12-/m0/s1. The average molecular weight is 395 g/mol. The molecule has 0 aliphatic carbocycles. The third kappa shape index (κ3) is 3.64. The highest BCUT2D eigenvalue weighted by atomic mass is 35.5. The lowest BCUT2D eigenvalue weighted by atomic mass is 10.2. The normalized spacial score (nSPS) is 19.2. The van der Waals surface area contributed by atoms with Crippen LogP contribution in [0.2, 0.25) is 5.02 Å². The van der Waals surface area contributed by atoms with Crippen molar-refractivity contribution in [2.45, 2.75) is 18.9 Å². The number of fused-ring (bicyclic) bond motifs is 1. The highest BCUT2D eigenvalue weighted by molar-refractivity contribution is 7.15. The lowest BCUT2D eigenvalue weighted by Crippen LogP contribution is -2.41. The molecule has 3 heterocycles. The topological polar surface area (TPSA) is 93.7 Å². The molecule has 0 unspecified atom stereocenters. The molecule has 136 valence electrons. The molecule has 0 bridgehead atoms. The number of halogens is 1. The molecule has 10 heteroatoms. The van der Waals surface area contributed by atoms with Gasteiger partial charge >= 0.3 is 5.97 Å². The van der Waals surface area contributed by atoms with Gasteiger partial charge in [0.15, 0.2) is 5.75 Å². The van der Waals surface area contributed by atoms with Crippen LogP contribution in [0.25, 0.3) is 0 Å². The van der Waals surface area contributed by atoms with Gasteiger partial charge in [0.05, 0.1) is 12.2 Å². The van der Waals surface area contributed by atoms with E-state index in [9.17, 15) is 9.59 Å². The van der Waals surface area contributed by atoms with Gasteiger partial charge in [-0.1, -0.05) is 22.9 Å². The number of amides is 1. The van der Waals surface area contributed by atoms with Crippen LogP contribution in [-0.2, 0) is 14.3 Å². The minimum Gasteiger partial charge on any atom is -0.423 e. The van der Waals surface area contributed by atoms with Gasteiger partial charge in [0.1, 0.15) is 17.7 Å². The summed E-state index contributed by atoms with van der Waals surface area (Å²) in [7, 11) is 0. The van der Waals surface area contributed by atoms with E-state index in [2.05, 4.69) is 15.5 Å². The number of anilines is 2. The summed E-state index contributed by atoms with van der Waals surface area (Å²) in [6.07, 6.45) is 1.87. The Morgan fingerprint density at radius 1 is 1.42 bits per heavy atom. The van der Waals surface area contributed by atoms with E-state index in [-0.39, 0.29) is 25.1 Å². The Labute approximate surface area is 158 Å². The summed E-state index contributed by atoms with van der Waals surface area (Å²) in [5.74, 6) is -0.347. The summed E-state index contributed by atoms with van der Waals surface area (Å²) in [4.78, 5) is 25.7. The molecule has 2 aromatic rings. The Morgan fingerprint density at radius 3 is 3.12 bits per heavy atom. The Morgan fingerprint density at radius 2 is 2.31 bits per heavy atom. The summed E-state index contributed by atoms with van der Waals surface area (Å²) in [5, 5.41) is 12.5. The van der Waals surface area contributed by atoms with E-state index in [1.807, 2.05) is 0 Å². The van der Waals surface area contributed by atoms with Gasteiger partial charge < -0.3 is 14.4 Å². The van der Waals surface area contributed by atoms with E-state index < -0.39 is 5.97 Å². The molecule has 1 amide bonds. The maximum Gasteiger partial charge on any atom is 0.331 e. The van der Waals surface area contributed by atoms with Crippen LogP contribution < -0.4 is 15.0 Å². The first-order valence-electron chi connectivity index (χ1n) is 8.08. The first kappa shape index (κ1) is 17.2. The predicted molar refractivity (Wildman–Crippen MR) is 95.8 cm³/mol. The molecule has 1 saturated heterocycles. The van der Waals surface area contributed by atoms with Crippen molar-refractivity contribution in [3.05, 3.63) is 28.2 Å². The van der Waals surface area contributed by atoms with Gasteiger partial charge in [-0.05, 0) is 31.0 Å². The summed E-state index contributed by atoms with van der Waals surface area (Å²) in [6.45, 7) is 0.661. The number of hydrogen-bond donors (Lipinski definition) is 1. The van der Waals surface area contributed by atoms with Crippen molar-refractivity contribution >= 4 is 45.6 Å². The lowest BCUT2D eigenvalue weighted by molar-refractivity contribution is -0.133. The van der Waals surface area contributed by atoms with Gasteiger partial charge in [0.25, 0.3) is 0 Å². The molecule has 0 radical (unpaired) electrons. The van der Waals surface area contributed by atoms with Gasteiger partial charge in [-0.2, -0.15) is 0 Å². The molecule has 1 aromatic carbocycles. The maximum absolute atomic E-state index is 12.4. The predicted octanol–water partition coefficient (Wildman–Crippen LogP) is 2.41. The zero-order valence-corrected chi connectivity index (χ0v) is 15.2. The number of esters is 1. The average Bonchev–Trinajstić information content (AvgIpc) is 3.26. The number of benzene rings is 1. The quantitative estimate of drug-likeness (QED) is 0.628. The van der Waals surface area contributed by atoms with Gasteiger partial charge in [-0.25, -0.2) is 4.79 Å². The van der Waals surface area contributed by atoms with Crippen LogP contribution in [-0.4, -0.2) is 41.8 Å². The third-order valence-electron chi connectivity index (χ3n) is 4.03. The van der Waals surface area contributed by atoms with Crippen molar-refractivity contribution < 1.29 is 19.1 Å². The van der Waals surface area contributed by atoms with Crippen molar-refractivity contribution in [2.24, 2.45) is 0 Å². The van der Waals surface area contributed by atoms with E-state index in [0.29, 0.717) is 21.6 Å². The van der Waals surface area contributed by atoms with Crippen molar-refractivity contribution in [3.63, 3.8) is 0 Å². The zero-order valence-electron chi connectivity index (χ0n) is 13.6. The highest BCUT2D eigenvalue weighted by Crippen LogP contribution is 2.34. The van der Waals surface area contributed by atoms with E-state index in [1.54, 1.807) is 23.1 Å². The van der Waals surface area contributed by atoms with Crippen molar-refractivity contribution in [1.82, 2.24) is 10.2 Å². The molecule has 2 aliphatic heterocycles. The summed E-state index contributed by atoms with van der Waals surface area (Å²) >= 11 is 7.31. The van der Waals surface area contributed by atoms with E-state index in [0.717, 1.165) is 24.5 Å². The zero-order chi connectivity index (χ0) is 18.1. The Hall–Kier alpha value is -2.23. The molecule has 1 N–H and O–H groups in total. The molecule has 8 nitrogen and oxygen atoms in total. The molecule has 1 atom stereocenters. The Kier molecular flexibility index (Phi) is 4.75. The van der Waals surface area contributed by atoms with Crippen LogP contribution in [0.4, 0.5) is 10.8 Å². The first-order valence-corrected chi connectivity index (χ1v) is 9.28. The van der Waals surface area contributed by atoms with Crippen LogP contribution in [0.1, 0.15) is 24.0 Å². The van der Waals surface area contributed by atoms with Crippen molar-refractivity contribution in [2.75, 3.05) is 29.9 Å². The molecule has 4 rings (SSSR count). The Balaban J connectivity index is 1.44. The summed E-state index contributed by atoms with van der Waals surface area (Å²) < 4.78 is 10.7. The molecule has 2 aliphatic rings. The molecule has 1 fully saturated rings. The van der Waals surface area contributed by atoms with Crippen LogP contribution in [0.3, 0.4) is 0 Å². The van der Waals surface area contributed by atoms with Crippen LogP contribution in [0.5, 0.6) is 5.75 Å². The highest BCUT2D eigenvalue weighted by Gasteiger charge is 2.27. The number of ether oxygens (including phenoxy) is 2. The molecular weight excluding hydrogens is 380 g/mol. The van der Waals surface area contributed by atoms with Crippen molar-refractivity contribution in [1.29, 1.82) is 0 Å². The summed E-state index contributed by atoms with van der Waals surface area (Å²) in [5.41, 5.74) is 0.601. The molecule has 0 spiro atoms. The number of nitrogens with one attached hydrogen (secondary N) is 1. The smallest absolute Gasteiger partial charge is 0.331 e. The second-order valence-corrected chi connectivity index (χ2v) is 7.38. The second-order valence-electron chi connectivity index (χ2n) is 5.94. The number of aromatic nitrogens is 2. The second kappa shape index (κ2) is 7.18. The minimum absolute atomic E-state index is 0.0297. The summed E-state index contributed by atoms with van der Waals surface area (Å²) in [6, 6.07) is 4.90. The Bertz CT molecular complexity index is 853. The lowest BCUT2D eigenvalue weighted by Gasteiger charge is -2.29. The molecule has 1 aromatic heterocycles. The number of carbonyl (C=O) groups excluding carboxylic acids is 2. The monoisotopic (exact) mass is 394 g/mol. The number of hydrogen-bond acceptors (Lipinski definition) is 8. The molecular formula is C16H15ClN4O4S. The molecule has 0 saturated carbocycles. The minimum atomic E-state index is -0.427. The molecule has 26 heavy (non-hydrogen) atoms. The van der Waals surface area contributed by atoms with Gasteiger partial charge in [0.2, 0.25) is 11.0 Å². The van der Waals surface area contributed by atoms with E-state index >= 15 is 0 Å². The third-order valence-corrected chi connectivity index (χ3v) is 5.20. The number of nitrogens with zero attached hydrogens (tertiary/aromatic N) is 3. The van der Waals surface area contributed by atoms with E-state index in [4.69, 9.17) is 21.1 Å². The number of carbonyl (C=O) groups is 2. The van der Waals surface area contributed by atoms with Crippen LogP contribution in [0.15, 0.2) is 18.2 Å². The van der Waals surface area contributed by atoms with E-state index in [1.165, 1.54) is 11.3 Å². The number of rotatable bonds is 4.